The predicted molar refractivity (Wildman–Crippen MR) is 64.8 cm³/mol. The monoisotopic (exact) mass is 272 g/mol. The van der Waals surface area contributed by atoms with Gasteiger partial charge in [0.15, 0.2) is 0 Å². The third kappa shape index (κ3) is 3.99. The number of nitrogens with two attached hydrogens (primary N) is 2. The predicted octanol–water partition coefficient (Wildman–Crippen LogP) is 0.122. The summed E-state index contributed by atoms with van der Waals surface area (Å²) >= 11 is 5.69. The van der Waals surface area contributed by atoms with Crippen LogP contribution in [0, 0.1) is 0 Å². The molecule has 0 fully saturated rings. The Morgan fingerprint density at radius 1 is 1.22 bits per heavy atom. The molecule has 0 saturated heterocycles. The first-order valence-corrected chi connectivity index (χ1v) is 5.44. The summed E-state index contributed by atoms with van der Waals surface area (Å²) in [5, 5.41) is 9.15. The van der Waals surface area contributed by atoms with Crippen LogP contribution in [0.15, 0.2) is 24.3 Å². The van der Waals surface area contributed by atoms with Crippen molar-refractivity contribution in [3.05, 3.63) is 34.9 Å². The fraction of sp³-hybridized carbons (Fsp3) is 0.273. The van der Waals surface area contributed by atoms with Crippen LogP contribution >= 0.6 is 11.6 Å². The highest BCUT2D eigenvalue weighted by molar-refractivity contribution is 6.30. The van der Waals surface area contributed by atoms with Crippen LogP contribution in [0.2, 0.25) is 5.02 Å². The number of esters is 1. The fourth-order valence-electron chi connectivity index (χ4n) is 1.13. The number of ether oxygens (including phenoxy) is 1. The number of rotatable bonds is 5. The van der Waals surface area contributed by atoms with Gasteiger partial charge in [-0.05, 0) is 17.7 Å². The van der Waals surface area contributed by atoms with Crippen molar-refractivity contribution in [2.24, 2.45) is 11.5 Å². The van der Waals surface area contributed by atoms with E-state index in [0.29, 0.717) is 10.6 Å². The SMILES string of the molecule is NC(C(=O)O)C(N)C(=O)OCc1ccc(Cl)cc1. The molecule has 1 aromatic rings. The topological polar surface area (TPSA) is 116 Å². The van der Waals surface area contributed by atoms with Gasteiger partial charge in [0.2, 0.25) is 0 Å². The molecule has 0 spiro atoms. The van der Waals surface area contributed by atoms with Crippen molar-refractivity contribution >= 4 is 23.5 Å². The second-order valence-electron chi connectivity index (χ2n) is 3.62. The number of hydrogen-bond acceptors (Lipinski definition) is 5. The van der Waals surface area contributed by atoms with Crippen molar-refractivity contribution in [3.8, 4) is 0 Å². The van der Waals surface area contributed by atoms with Crippen molar-refractivity contribution in [1.82, 2.24) is 0 Å². The minimum Gasteiger partial charge on any atom is -0.480 e. The first kappa shape index (κ1) is 14.4. The normalized spacial score (nSPS) is 13.7. The van der Waals surface area contributed by atoms with Gasteiger partial charge < -0.3 is 21.3 Å². The molecule has 0 amide bonds. The van der Waals surface area contributed by atoms with E-state index in [9.17, 15) is 9.59 Å². The van der Waals surface area contributed by atoms with E-state index in [0.717, 1.165) is 0 Å². The molecule has 5 N–H and O–H groups in total. The summed E-state index contributed by atoms with van der Waals surface area (Å²) in [5.74, 6) is -2.22. The van der Waals surface area contributed by atoms with Gasteiger partial charge in [-0.2, -0.15) is 0 Å². The fourth-order valence-corrected chi connectivity index (χ4v) is 1.26. The van der Waals surface area contributed by atoms with E-state index >= 15 is 0 Å². The number of carbonyl (C=O) groups is 2. The Balaban J connectivity index is 2.50. The van der Waals surface area contributed by atoms with Crippen LogP contribution in [-0.2, 0) is 20.9 Å². The second kappa shape index (κ2) is 6.34. The number of hydrogen-bond donors (Lipinski definition) is 3. The zero-order valence-corrected chi connectivity index (χ0v) is 10.1. The first-order chi connectivity index (χ1) is 8.41. The van der Waals surface area contributed by atoms with Gasteiger partial charge in [0.1, 0.15) is 18.7 Å². The van der Waals surface area contributed by atoms with Crippen LogP contribution in [0.25, 0.3) is 0 Å². The summed E-state index contributed by atoms with van der Waals surface area (Å²) < 4.78 is 4.85. The minimum absolute atomic E-state index is 0.0178. The molecule has 1 aromatic carbocycles. The summed E-state index contributed by atoms with van der Waals surface area (Å²) in [6.07, 6.45) is 0. The smallest absolute Gasteiger partial charge is 0.325 e. The van der Waals surface area contributed by atoms with Crippen molar-refractivity contribution < 1.29 is 19.4 Å². The lowest BCUT2D eigenvalue weighted by atomic mass is 10.1. The number of aliphatic carboxylic acids is 1. The Labute approximate surface area is 108 Å². The van der Waals surface area contributed by atoms with Crippen LogP contribution in [-0.4, -0.2) is 29.1 Å². The van der Waals surface area contributed by atoms with Gasteiger partial charge in [-0.1, -0.05) is 23.7 Å². The Kier molecular flexibility index (Phi) is 5.08. The lowest BCUT2D eigenvalue weighted by Crippen LogP contribution is -2.52. The molecule has 0 aliphatic rings. The Hall–Kier alpha value is -1.63. The van der Waals surface area contributed by atoms with Gasteiger partial charge in [0, 0.05) is 5.02 Å². The second-order valence-corrected chi connectivity index (χ2v) is 4.06. The van der Waals surface area contributed by atoms with Crippen LogP contribution < -0.4 is 11.5 Å². The molecule has 0 bridgehead atoms. The molecule has 2 unspecified atom stereocenters. The molecule has 0 heterocycles. The number of benzene rings is 1. The Morgan fingerprint density at radius 2 is 1.78 bits per heavy atom. The van der Waals surface area contributed by atoms with Crippen LogP contribution in [0.4, 0.5) is 0 Å². The molecule has 0 aliphatic heterocycles. The highest BCUT2D eigenvalue weighted by Crippen LogP contribution is 2.10. The van der Waals surface area contributed by atoms with E-state index < -0.39 is 24.0 Å². The zero-order chi connectivity index (χ0) is 13.7. The summed E-state index contributed by atoms with van der Waals surface area (Å²) in [4.78, 5) is 21.9. The van der Waals surface area contributed by atoms with Crippen LogP contribution in [0.1, 0.15) is 5.56 Å². The molecule has 0 aromatic heterocycles. The van der Waals surface area contributed by atoms with E-state index in [2.05, 4.69) is 0 Å². The van der Waals surface area contributed by atoms with E-state index in [1.807, 2.05) is 0 Å². The van der Waals surface area contributed by atoms with Crippen molar-refractivity contribution in [1.29, 1.82) is 0 Å². The minimum atomic E-state index is -1.48. The van der Waals surface area contributed by atoms with Gasteiger partial charge in [-0.15, -0.1) is 0 Å². The summed E-state index contributed by atoms with van der Waals surface area (Å²) in [5.41, 5.74) is 11.3. The van der Waals surface area contributed by atoms with E-state index in [4.69, 9.17) is 32.9 Å². The van der Waals surface area contributed by atoms with Gasteiger partial charge in [0.05, 0.1) is 0 Å². The summed E-state index contributed by atoms with van der Waals surface area (Å²) in [6, 6.07) is 3.77. The van der Waals surface area contributed by atoms with Crippen molar-refractivity contribution in [2.45, 2.75) is 18.7 Å². The molecule has 18 heavy (non-hydrogen) atoms. The number of carbonyl (C=O) groups excluding carboxylic acids is 1. The molecule has 7 heteroatoms. The first-order valence-electron chi connectivity index (χ1n) is 5.07. The maximum absolute atomic E-state index is 11.4. The molecule has 0 radical (unpaired) electrons. The van der Waals surface area contributed by atoms with Crippen molar-refractivity contribution in [2.75, 3.05) is 0 Å². The van der Waals surface area contributed by atoms with Gasteiger partial charge in [-0.3, -0.25) is 9.59 Å². The molecule has 0 saturated carbocycles. The zero-order valence-electron chi connectivity index (χ0n) is 9.38. The standard InChI is InChI=1S/C11H13ClN2O4/c12-7-3-1-6(2-4-7)5-18-11(17)9(14)8(13)10(15)16/h1-4,8-9H,5,13-14H2,(H,15,16). The van der Waals surface area contributed by atoms with Crippen LogP contribution in [0.5, 0.6) is 0 Å². The molecule has 6 nitrogen and oxygen atoms in total. The van der Waals surface area contributed by atoms with Gasteiger partial charge >= 0.3 is 11.9 Å². The number of carboxylic acid groups (broad SMARTS) is 1. The maximum Gasteiger partial charge on any atom is 0.325 e. The van der Waals surface area contributed by atoms with Crippen molar-refractivity contribution in [3.63, 3.8) is 0 Å². The molecular weight excluding hydrogens is 260 g/mol. The van der Waals surface area contributed by atoms with Gasteiger partial charge in [-0.25, -0.2) is 0 Å². The lowest BCUT2D eigenvalue weighted by molar-refractivity contribution is -0.151. The number of carboxylic acids is 1. The quantitative estimate of drug-likeness (QED) is 0.656. The Bertz CT molecular complexity index is 435. The number of halogens is 1. The maximum atomic E-state index is 11.4. The average molecular weight is 273 g/mol. The summed E-state index contributed by atoms with van der Waals surface area (Å²) in [6.45, 7) is -0.0178. The van der Waals surface area contributed by atoms with E-state index in [1.54, 1.807) is 24.3 Å². The van der Waals surface area contributed by atoms with E-state index in [1.165, 1.54) is 0 Å². The lowest BCUT2D eigenvalue weighted by Gasteiger charge is -2.14. The van der Waals surface area contributed by atoms with E-state index in [-0.39, 0.29) is 6.61 Å². The largest absolute Gasteiger partial charge is 0.480 e. The van der Waals surface area contributed by atoms with Crippen LogP contribution in [0.3, 0.4) is 0 Å². The molecule has 1 rings (SSSR count). The molecular formula is C11H13ClN2O4. The Morgan fingerprint density at radius 3 is 2.28 bits per heavy atom. The third-order valence-corrected chi connectivity index (χ3v) is 2.49. The molecule has 2 atom stereocenters. The van der Waals surface area contributed by atoms with Gasteiger partial charge in [0.25, 0.3) is 0 Å². The molecule has 0 aliphatic carbocycles. The third-order valence-electron chi connectivity index (χ3n) is 2.24. The summed E-state index contributed by atoms with van der Waals surface area (Å²) in [7, 11) is 0. The molecule has 98 valence electrons. The highest BCUT2D eigenvalue weighted by Gasteiger charge is 2.28. The highest BCUT2D eigenvalue weighted by atomic mass is 35.5. The average Bonchev–Trinajstić information content (AvgIpc) is 2.35.